The molecule has 106 valence electrons. The Bertz CT molecular complexity index is 241. The van der Waals surface area contributed by atoms with Crippen LogP contribution in [-0.4, -0.2) is 36.6 Å². The normalized spacial score (nSPS) is 36.5. The van der Waals surface area contributed by atoms with Gasteiger partial charge in [0, 0.05) is 31.7 Å². The Hall–Kier alpha value is -0.0800. The van der Waals surface area contributed by atoms with E-state index in [4.69, 9.17) is 0 Å². The van der Waals surface area contributed by atoms with Gasteiger partial charge >= 0.3 is 0 Å². The van der Waals surface area contributed by atoms with Crippen LogP contribution in [0.15, 0.2) is 0 Å². The van der Waals surface area contributed by atoms with E-state index in [1.54, 1.807) is 0 Å². The molecular formula is C16H32N2. The van der Waals surface area contributed by atoms with E-state index in [-0.39, 0.29) is 0 Å². The van der Waals surface area contributed by atoms with E-state index in [0.29, 0.717) is 0 Å². The van der Waals surface area contributed by atoms with Crippen molar-refractivity contribution in [3.8, 4) is 0 Å². The summed E-state index contributed by atoms with van der Waals surface area (Å²) in [6, 6.07) is 1.61. The van der Waals surface area contributed by atoms with Crippen LogP contribution in [0.1, 0.15) is 59.3 Å². The quantitative estimate of drug-likeness (QED) is 0.826. The van der Waals surface area contributed by atoms with Crippen molar-refractivity contribution >= 4 is 0 Å². The van der Waals surface area contributed by atoms with Crippen LogP contribution in [0.2, 0.25) is 0 Å². The number of nitrogens with zero attached hydrogens (tertiary/aromatic N) is 1. The van der Waals surface area contributed by atoms with Crippen molar-refractivity contribution in [1.29, 1.82) is 0 Å². The lowest BCUT2D eigenvalue weighted by molar-refractivity contribution is 0.0621. The number of hydrogen-bond donors (Lipinski definition) is 1. The molecule has 2 nitrogen and oxygen atoms in total. The van der Waals surface area contributed by atoms with Gasteiger partial charge < -0.3 is 5.32 Å². The molecule has 2 rings (SSSR count). The van der Waals surface area contributed by atoms with E-state index < -0.39 is 0 Å². The summed E-state index contributed by atoms with van der Waals surface area (Å²) in [5, 5.41) is 3.73. The zero-order valence-corrected chi connectivity index (χ0v) is 12.6. The lowest BCUT2D eigenvalue weighted by Gasteiger charge is -2.45. The first kappa shape index (κ1) is 14.3. The van der Waals surface area contributed by atoms with Gasteiger partial charge in [-0.2, -0.15) is 0 Å². The fourth-order valence-electron chi connectivity index (χ4n) is 3.91. The minimum atomic E-state index is 0.725. The van der Waals surface area contributed by atoms with Crippen LogP contribution in [-0.2, 0) is 0 Å². The first-order chi connectivity index (χ1) is 8.76. The highest BCUT2D eigenvalue weighted by atomic mass is 15.2. The van der Waals surface area contributed by atoms with Crippen LogP contribution < -0.4 is 5.32 Å². The highest BCUT2D eigenvalue weighted by Crippen LogP contribution is 2.31. The molecule has 18 heavy (non-hydrogen) atoms. The fraction of sp³-hybridized carbons (Fsp3) is 1.00. The van der Waals surface area contributed by atoms with Crippen molar-refractivity contribution in [1.82, 2.24) is 10.2 Å². The molecule has 0 spiro atoms. The zero-order chi connectivity index (χ0) is 13.0. The Balaban J connectivity index is 1.94. The Morgan fingerprint density at radius 2 is 2.00 bits per heavy atom. The van der Waals surface area contributed by atoms with Gasteiger partial charge in [0.15, 0.2) is 0 Å². The molecule has 0 aromatic rings. The van der Waals surface area contributed by atoms with Gasteiger partial charge in [0.05, 0.1) is 0 Å². The van der Waals surface area contributed by atoms with E-state index in [1.165, 1.54) is 58.2 Å². The smallest absolute Gasteiger partial charge is 0.0221 e. The first-order valence-electron chi connectivity index (χ1n) is 8.23. The van der Waals surface area contributed by atoms with E-state index in [9.17, 15) is 0 Å². The van der Waals surface area contributed by atoms with Crippen LogP contribution in [0.25, 0.3) is 0 Å². The molecule has 1 N–H and O–H groups in total. The van der Waals surface area contributed by atoms with Crippen LogP contribution in [0.3, 0.4) is 0 Å². The third-order valence-corrected chi connectivity index (χ3v) is 5.43. The van der Waals surface area contributed by atoms with Crippen molar-refractivity contribution in [2.75, 3.05) is 19.6 Å². The number of nitrogens with one attached hydrogen (secondary N) is 1. The first-order valence-corrected chi connectivity index (χ1v) is 8.23. The second-order valence-electron chi connectivity index (χ2n) is 6.46. The molecule has 0 bridgehead atoms. The van der Waals surface area contributed by atoms with Crippen molar-refractivity contribution < 1.29 is 0 Å². The monoisotopic (exact) mass is 252 g/mol. The molecule has 0 radical (unpaired) electrons. The Labute approximate surface area is 114 Å². The average molecular weight is 252 g/mol. The van der Waals surface area contributed by atoms with E-state index in [1.807, 2.05) is 0 Å². The summed E-state index contributed by atoms with van der Waals surface area (Å²) in [5.74, 6) is 1.78. The maximum Gasteiger partial charge on any atom is 0.0221 e. The predicted molar refractivity (Wildman–Crippen MR) is 78.9 cm³/mol. The highest BCUT2D eigenvalue weighted by Gasteiger charge is 2.32. The van der Waals surface area contributed by atoms with Gasteiger partial charge in [0.1, 0.15) is 0 Å². The van der Waals surface area contributed by atoms with Crippen LogP contribution in [0.5, 0.6) is 0 Å². The third-order valence-electron chi connectivity index (χ3n) is 5.43. The summed E-state index contributed by atoms with van der Waals surface area (Å²) in [7, 11) is 0. The largest absolute Gasteiger partial charge is 0.311 e. The molecule has 1 aliphatic carbocycles. The molecular weight excluding hydrogens is 220 g/mol. The topological polar surface area (TPSA) is 15.3 Å². The van der Waals surface area contributed by atoms with Crippen LogP contribution in [0.4, 0.5) is 0 Å². The Kier molecular flexibility index (Phi) is 5.50. The summed E-state index contributed by atoms with van der Waals surface area (Å²) in [5.41, 5.74) is 0. The molecule has 4 atom stereocenters. The Morgan fingerprint density at radius 1 is 1.22 bits per heavy atom. The van der Waals surface area contributed by atoms with Crippen molar-refractivity contribution in [2.24, 2.45) is 11.8 Å². The molecule has 2 heteroatoms. The predicted octanol–water partition coefficient (Wildman–Crippen LogP) is 3.28. The molecule has 4 unspecified atom stereocenters. The van der Waals surface area contributed by atoms with Gasteiger partial charge in [-0.1, -0.05) is 46.5 Å². The molecule has 1 saturated heterocycles. The third kappa shape index (κ3) is 3.27. The second kappa shape index (κ2) is 6.91. The van der Waals surface area contributed by atoms with Gasteiger partial charge in [-0.15, -0.1) is 0 Å². The lowest BCUT2D eigenvalue weighted by atomic mass is 9.81. The highest BCUT2D eigenvalue weighted by molar-refractivity contribution is 4.89. The Morgan fingerprint density at radius 3 is 2.72 bits per heavy atom. The average Bonchev–Trinajstić information content (AvgIpc) is 2.46. The van der Waals surface area contributed by atoms with Gasteiger partial charge in [0.2, 0.25) is 0 Å². The van der Waals surface area contributed by atoms with Gasteiger partial charge in [-0.05, 0) is 24.7 Å². The van der Waals surface area contributed by atoms with E-state index in [0.717, 1.165) is 23.9 Å². The summed E-state index contributed by atoms with van der Waals surface area (Å²) in [4.78, 5) is 2.82. The summed E-state index contributed by atoms with van der Waals surface area (Å²) >= 11 is 0. The lowest BCUT2D eigenvalue weighted by Crippen LogP contribution is -2.57. The number of piperazine rings is 1. The van der Waals surface area contributed by atoms with Gasteiger partial charge in [-0.25, -0.2) is 0 Å². The molecule has 2 fully saturated rings. The maximum absolute atomic E-state index is 3.73. The second-order valence-corrected chi connectivity index (χ2v) is 6.46. The van der Waals surface area contributed by atoms with Crippen molar-refractivity contribution in [3.05, 3.63) is 0 Å². The minimum absolute atomic E-state index is 0.725. The van der Waals surface area contributed by atoms with E-state index in [2.05, 4.69) is 31.0 Å². The molecule has 0 aromatic carbocycles. The minimum Gasteiger partial charge on any atom is -0.311 e. The van der Waals surface area contributed by atoms with Gasteiger partial charge in [0.25, 0.3) is 0 Å². The molecule has 1 heterocycles. The number of hydrogen-bond acceptors (Lipinski definition) is 2. The SMILES string of the molecule is CCC(C)C1CN(C2CCCCC2CC)CCN1. The van der Waals surface area contributed by atoms with Crippen molar-refractivity contribution in [2.45, 2.75) is 71.4 Å². The fourth-order valence-corrected chi connectivity index (χ4v) is 3.91. The molecule has 0 amide bonds. The molecule has 0 aromatic heterocycles. The van der Waals surface area contributed by atoms with E-state index >= 15 is 0 Å². The van der Waals surface area contributed by atoms with Gasteiger partial charge in [-0.3, -0.25) is 4.90 Å². The van der Waals surface area contributed by atoms with Crippen LogP contribution in [0, 0.1) is 11.8 Å². The summed E-state index contributed by atoms with van der Waals surface area (Å²) in [6.45, 7) is 10.9. The standard InChI is InChI=1S/C16H32N2/c1-4-13(3)15-12-18(11-10-17-15)16-9-7-6-8-14(16)5-2/h13-17H,4-12H2,1-3H3. The maximum atomic E-state index is 3.73. The number of rotatable bonds is 4. The zero-order valence-electron chi connectivity index (χ0n) is 12.6. The van der Waals surface area contributed by atoms with Crippen LogP contribution >= 0.6 is 0 Å². The summed E-state index contributed by atoms with van der Waals surface area (Å²) in [6.07, 6.45) is 8.52. The molecule has 1 saturated carbocycles. The van der Waals surface area contributed by atoms with Crippen molar-refractivity contribution in [3.63, 3.8) is 0 Å². The summed E-state index contributed by atoms with van der Waals surface area (Å²) < 4.78 is 0. The molecule has 1 aliphatic heterocycles. The molecule has 2 aliphatic rings.